The van der Waals surface area contributed by atoms with Gasteiger partial charge in [0.1, 0.15) is 5.75 Å². The van der Waals surface area contributed by atoms with E-state index in [9.17, 15) is 4.79 Å². The zero-order valence-corrected chi connectivity index (χ0v) is 17.0. The number of nitrogens with zero attached hydrogens (tertiary/aromatic N) is 2. The maximum Gasteiger partial charge on any atom is 0.338 e. The van der Waals surface area contributed by atoms with Crippen molar-refractivity contribution in [1.82, 2.24) is 4.90 Å². The molecule has 0 aromatic heterocycles. The summed E-state index contributed by atoms with van der Waals surface area (Å²) >= 11 is 1.56. The molecule has 0 aliphatic carbocycles. The highest BCUT2D eigenvalue weighted by Gasteiger charge is 2.38. The lowest BCUT2D eigenvalue weighted by Gasteiger charge is -2.34. The number of allylic oxidation sites excluding steroid dienone is 1. The molecule has 0 spiro atoms. The van der Waals surface area contributed by atoms with Crippen molar-refractivity contribution in [3.05, 3.63) is 64.8 Å². The Morgan fingerprint density at radius 2 is 1.93 bits per heavy atom. The molecule has 0 bridgehead atoms. The number of thioether (sulfide) groups is 1. The van der Waals surface area contributed by atoms with Crippen LogP contribution in [0.1, 0.15) is 32.4 Å². The summed E-state index contributed by atoms with van der Waals surface area (Å²) in [6.45, 7) is 6.59. The molecule has 0 N–H and O–H groups in total. The summed E-state index contributed by atoms with van der Waals surface area (Å²) in [7, 11) is 0. The zero-order chi connectivity index (χ0) is 19.7. The fourth-order valence-electron chi connectivity index (χ4n) is 3.69. The molecule has 4 rings (SSSR count). The van der Waals surface area contributed by atoms with Gasteiger partial charge in [0.25, 0.3) is 0 Å². The van der Waals surface area contributed by atoms with E-state index in [1.807, 2.05) is 61.5 Å². The van der Waals surface area contributed by atoms with Gasteiger partial charge in [0.05, 0.1) is 30.5 Å². The summed E-state index contributed by atoms with van der Waals surface area (Å²) < 4.78 is 11.2. The number of fused-ring (bicyclic) bond motifs is 2. The standard InChI is InChI=1S/C22H22N2O3S/c1-4-26-18-11-10-17(15-8-6-7-9-16(15)18)20-19(21(25)27-5-2)14(3)23-22-24(20)12-13-28-22/h6-13,20H,4-5H2,1-3H3. The molecule has 0 fully saturated rings. The third-order valence-electron chi connectivity index (χ3n) is 4.83. The number of ether oxygens (including phenoxy) is 2. The first-order chi connectivity index (χ1) is 13.7. The number of amidine groups is 1. The smallest absolute Gasteiger partial charge is 0.338 e. The van der Waals surface area contributed by atoms with Crippen molar-refractivity contribution in [1.29, 1.82) is 0 Å². The Morgan fingerprint density at radius 3 is 2.68 bits per heavy atom. The highest BCUT2D eigenvalue weighted by Crippen LogP contribution is 2.44. The Morgan fingerprint density at radius 1 is 1.14 bits per heavy atom. The summed E-state index contributed by atoms with van der Waals surface area (Å²) in [5, 5.41) is 4.94. The number of hydrogen-bond donors (Lipinski definition) is 0. The van der Waals surface area contributed by atoms with Crippen LogP contribution in [0, 0.1) is 0 Å². The maximum absolute atomic E-state index is 12.9. The molecule has 1 atom stereocenters. The number of benzene rings is 2. The lowest BCUT2D eigenvalue weighted by molar-refractivity contribution is -0.139. The van der Waals surface area contributed by atoms with E-state index in [2.05, 4.69) is 17.1 Å². The first-order valence-corrected chi connectivity index (χ1v) is 10.3. The molecule has 0 radical (unpaired) electrons. The molecule has 2 aliphatic rings. The number of hydrogen-bond acceptors (Lipinski definition) is 6. The van der Waals surface area contributed by atoms with E-state index < -0.39 is 0 Å². The van der Waals surface area contributed by atoms with Crippen LogP contribution in [0.4, 0.5) is 0 Å². The highest BCUT2D eigenvalue weighted by atomic mass is 32.2. The Hall–Kier alpha value is -2.73. The van der Waals surface area contributed by atoms with Gasteiger partial charge < -0.3 is 14.4 Å². The molecule has 0 saturated carbocycles. The van der Waals surface area contributed by atoms with Gasteiger partial charge in [-0.25, -0.2) is 9.79 Å². The Kier molecular flexibility index (Phi) is 5.13. The lowest BCUT2D eigenvalue weighted by Crippen LogP contribution is -2.34. The molecular formula is C22H22N2O3S. The van der Waals surface area contributed by atoms with E-state index in [-0.39, 0.29) is 12.0 Å². The molecule has 144 valence electrons. The van der Waals surface area contributed by atoms with Gasteiger partial charge in [0, 0.05) is 11.6 Å². The second kappa shape index (κ2) is 7.72. The third-order valence-corrected chi connectivity index (χ3v) is 5.60. The number of carbonyl (C=O) groups excluding carboxylic acids is 1. The van der Waals surface area contributed by atoms with Gasteiger partial charge in [-0.05, 0) is 43.2 Å². The largest absolute Gasteiger partial charge is 0.493 e. The van der Waals surface area contributed by atoms with Crippen LogP contribution in [0.2, 0.25) is 0 Å². The molecular weight excluding hydrogens is 372 g/mol. The summed E-state index contributed by atoms with van der Waals surface area (Å²) in [6, 6.07) is 11.9. The minimum absolute atomic E-state index is 0.293. The number of aliphatic imine (C=N–C) groups is 1. The van der Waals surface area contributed by atoms with Crippen LogP contribution < -0.4 is 4.74 Å². The number of rotatable bonds is 5. The van der Waals surface area contributed by atoms with E-state index in [1.54, 1.807) is 11.8 Å². The van der Waals surface area contributed by atoms with E-state index in [0.29, 0.717) is 24.5 Å². The second-order valence-corrected chi connectivity index (χ2v) is 7.33. The van der Waals surface area contributed by atoms with Crippen molar-refractivity contribution < 1.29 is 14.3 Å². The minimum atomic E-state index is -0.323. The van der Waals surface area contributed by atoms with Crippen molar-refractivity contribution in [2.75, 3.05) is 13.2 Å². The topological polar surface area (TPSA) is 51.1 Å². The maximum atomic E-state index is 12.9. The number of esters is 1. The summed E-state index contributed by atoms with van der Waals surface area (Å²) in [5.74, 6) is 0.521. The summed E-state index contributed by atoms with van der Waals surface area (Å²) in [6.07, 6.45) is 1.98. The predicted octanol–water partition coefficient (Wildman–Crippen LogP) is 5.01. The average molecular weight is 394 g/mol. The second-order valence-electron chi connectivity index (χ2n) is 6.46. The van der Waals surface area contributed by atoms with Crippen molar-refractivity contribution in [3.8, 4) is 5.75 Å². The van der Waals surface area contributed by atoms with Crippen LogP contribution in [0.25, 0.3) is 10.8 Å². The van der Waals surface area contributed by atoms with Gasteiger partial charge in [-0.2, -0.15) is 0 Å². The van der Waals surface area contributed by atoms with Crippen LogP contribution in [0.3, 0.4) is 0 Å². The first-order valence-electron chi connectivity index (χ1n) is 9.38. The van der Waals surface area contributed by atoms with Crippen LogP contribution in [0.15, 0.2) is 64.3 Å². The Bertz CT molecular complexity index is 1030. The molecule has 0 saturated heterocycles. The van der Waals surface area contributed by atoms with Crippen LogP contribution >= 0.6 is 11.8 Å². The molecule has 6 heteroatoms. The molecule has 5 nitrogen and oxygen atoms in total. The summed E-state index contributed by atoms with van der Waals surface area (Å²) in [4.78, 5) is 19.5. The Labute approximate surface area is 168 Å². The van der Waals surface area contributed by atoms with Crippen LogP contribution in [-0.4, -0.2) is 29.3 Å². The molecule has 28 heavy (non-hydrogen) atoms. The van der Waals surface area contributed by atoms with Crippen LogP contribution in [-0.2, 0) is 9.53 Å². The highest BCUT2D eigenvalue weighted by molar-refractivity contribution is 8.16. The zero-order valence-electron chi connectivity index (χ0n) is 16.1. The molecule has 2 aliphatic heterocycles. The fourth-order valence-corrected chi connectivity index (χ4v) is 4.48. The van der Waals surface area contributed by atoms with Gasteiger partial charge in [-0.15, -0.1) is 0 Å². The molecule has 1 unspecified atom stereocenters. The minimum Gasteiger partial charge on any atom is -0.493 e. The van der Waals surface area contributed by atoms with Gasteiger partial charge in [0.15, 0.2) is 5.17 Å². The normalized spacial score (nSPS) is 18.3. The van der Waals surface area contributed by atoms with Crippen molar-refractivity contribution in [2.24, 2.45) is 4.99 Å². The molecule has 0 amide bonds. The van der Waals surface area contributed by atoms with Crippen molar-refractivity contribution in [3.63, 3.8) is 0 Å². The average Bonchev–Trinajstić information content (AvgIpc) is 3.16. The SMILES string of the molecule is CCOC(=O)C1=C(C)N=C2SC=CN2C1c1ccc(OCC)c2ccccc12. The quantitative estimate of drug-likeness (QED) is 0.668. The van der Waals surface area contributed by atoms with E-state index >= 15 is 0 Å². The van der Waals surface area contributed by atoms with Crippen LogP contribution in [0.5, 0.6) is 5.75 Å². The van der Waals surface area contributed by atoms with Gasteiger partial charge >= 0.3 is 5.97 Å². The Balaban J connectivity index is 1.93. The van der Waals surface area contributed by atoms with Gasteiger partial charge in [0.2, 0.25) is 0 Å². The molecule has 2 aromatic carbocycles. The molecule has 2 heterocycles. The monoisotopic (exact) mass is 394 g/mol. The number of carbonyl (C=O) groups is 1. The predicted molar refractivity (Wildman–Crippen MR) is 113 cm³/mol. The lowest BCUT2D eigenvalue weighted by atomic mass is 9.90. The fraction of sp³-hybridized carbons (Fsp3) is 0.273. The molecule has 2 aromatic rings. The van der Waals surface area contributed by atoms with E-state index in [0.717, 1.165) is 27.3 Å². The van der Waals surface area contributed by atoms with E-state index in [1.165, 1.54) is 0 Å². The third kappa shape index (κ3) is 3.07. The first kappa shape index (κ1) is 18.6. The van der Waals surface area contributed by atoms with Crippen molar-refractivity contribution in [2.45, 2.75) is 26.8 Å². The van der Waals surface area contributed by atoms with Crippen molar-refractivity contribution >= 4 is 33.7 Å². The van der Waals surface area contributed by atoms with Gasteiger partial charge in [-0.3, -0.25) is 0 Å². The van der Waals surface area contributed by atoms with Gasteiger partial charge in [-0.1, -0.05) is 42.1 Å². The van der Waals surface area contributed by atoms with E-state index in [4.69, 9.17) is 9.47 Å². The summed E-state index contributed by atoms with van der Waals surface area (Å²) in [5.41, 5.74) is 2.30.